The summed E-state index contributed by atoms with van der Waals surface area (Å²) in [7, 11) is 0. The number of urea groups is 1. The molecule has 1 heterocycles. The highest BCUT2D eigenvalue weighted by molar-refractivity contribution is 6.09. The molecule has 1 saturated heterocycles. The fourth-order valence-corrected chi connectivity index (χ4v) is 2.81. The first-order chi connectivity index (χ1) is 12.4. The number of amides is 4. The third kappa shape index (κ3) is 3.42. The van der Waals surface area contributed by atoms with Crippen LogP contribution >= 0.6 is 0 Å². The molecule has 0 spiro atoms. The Hall–Kier alpha value is -3.22. The summed E-state index contributed by atoms with van der Waals surface area (Å²) in [6.07, 6.45) is 0. The Balaban J connectivity index is 1.64. The standard InChI is InChI=1S/C19H18FN3O3/c1-19(14-5-3-2-4-6-14)17(25)23(18(26)22-19)12-16(24)21-11-13-7-9-15(20)10-8-13/h2-10H,11-12H2,1H3,(H,21,24)(H,22,26)/t19-/m1/s1. The summed E-state index contributed by atoms with van der Waals surface area (Å²) in [5.41, 5.74) is 0.161. The zero-order valence-electron chi connectivity index (χ0n) is 14.2. The average Bonchev–Trinajstić information content (AvgIpc) is 2.86. The van der Waals surface area contributed by atoms with Gasteiger partial charge in [-0.2, -0.15) is 0 Å². The lowest BCUT2D eigenvalue weighted by Crippen LogP contribution is -2.43. The highest BCUT2D eigenvalue weighted by Gasteiger charge is 2.49. The van der Waals surface area contributed by atoms with Crippen molar-refractivity contribution < 1.29 is 18.8 Å². The Labute approximate surface area is 150 Å². The molecule has 1 atom stereocenters. The summed E-state index contributed by atoms with van der Waals surface area (Å²) in [5, 5.41) is 5.27. The first kappa shape index (κ1) is 17.6. The Bertz CT molecular complexity index is 839. The van der Waals surface area contributed by atoms with E-state index in [9.17, 15) is 18.8 Å². The first-order valence-corrected chi connectivity index (χ1v) is 8.11. The normalized spacial score (nSPS) is 19.4. The molecule has 0 aromatic heterocycles. The van der Waals surface area contributed by atoms with Crippen molar-refractivity contribution in [2.45, 2.75) is 19.0 Å². The maximum absolute atomic E-state index is 12.9. The average molecular weight is 355 g/mol. The molecule has 7 heteroatoms. The molecule has 1 fully saturated rings. The third-order valence-electron chi connectivity index (χ3n) is 4.33. The molecule has 2 aromatic rings. The number of hydrogen-bond acceptors (Lipinski definition) is 3. The number of nitrogens with zero attached hydrogens (tertiary/aromatic N) is 1. The van der Waals surface area contributed by atoms with Gasteiger partial charge in [0.25, 0.3) is 5.91 Å². The molecule has 2 aromatic carbocycles. The summed E-state index contributed by atoms with van der Waals surface area (Å²) in [4.78, 5) is 37.9. The maximum Gasteiger partial charge on any atom is 0.325 e. The van der Waals surface area contributed by atoms with Crippen molar-refractivity contribution >= 4 is 17.8 Å². The molecule has 26 heavy (non-hydrogen) atoms. The molecule has 1 aliphatic rings. The fourth-order valence-electron chi connectivity index (χ4n) is 2.81. The molecule has 0 aliphatic carbocycles. The number of hydrogen-bond donors (Lipinski definition) is 2. The summed E-state index contributed by atoms with van der Waals surface area (Å²) in [5.74, 6) is -1.32. The fraction of sp³-hybridized carbons (Fsp3) is 0.211. The van der Waals surface area contributed by atoms with Gasteiger partial charge >= 0.3 is 6.03 Å². The van der Waals surface area contributed by atoms with E-state index in [-0.39, 0.29) is 18.9 Å². The van der Waals surface area contributed by atoms with Crippen LogP contribution in [0.3, 0.4) is 0 Å². The van der Waals surface area contributed by atoms with E-state index in [0.29, 0.717) is 11.1 Å². The summed E-state index contributed by atoms with van der Waals surface area (Å²) in [6.45, 7) is 1.41. The van der Waals surface area contributed by atoms with Crippen molar-refractivity contribution in [3.8, 4) is 0 Å². The lowest BCUT2D eigenvalue weighted by atomic mass is 9.92. The zero-order valence-corrected chi connectivity index (χ0v) is 14.2. The van der Waals surface area contributed by atoms with E-state index in [0.717, 1.165) is 4.90 Å². The molecule has 0 saturated carbocycles. The van der Waals surface area contributed by atoms with Gasteiger partial charge in [0.1, 0.15) is 17.9 Å². The molecule has 6 nitrogen and oxygen atoms in total. The SMILES string of the molecule is C[C@]1(c2ccccc2)NC(=O)N(CC(=O)NCc2ccc(F)cc2)C1=O. The van der Waals surface area contributed by atoms with Crippen LogP contribution in [0.2, 0.25) is 0 Å². The van der Waals surface area contributed by atoms with Crippen LogP contribution in [0.1, 0.15) is 18.1 Å². The summed E-state index contributed by atoms with van der Waals surface area (Å²) < 4.78 is 12.9. The lowest BCUT2D eigenvalue weighted by Gasteiger charge is -2.22. The van der Waals surface area contributed by atoms with Crippen LogP contribution in [0.5, 0.6) is 0 Å². The van der Waals surface area contributed by atoms with Crippen LogP contribution in [0.25, 0.3) is 0 Å². The highest BCUT2D eigenvalue weighted by atomic mass is 19.1. The molecule has 134 valence electrons. The second kappa shape index (κ2) is 6.95. The van der Waals surface area contributed by atoms with Gasteiger partial charge in [0.05, 0.1) is 0 Å². The van der Waals surface area contributed by atoms with E-state index >= 15 is 0 Å². The lowest BCUT2D eigenvalue weighted by molar-refractivity contribution is -0.134. The van der Waals surface area contributed by atoms with Crippen LogP contribution in [0.15, 0.2) is 54.6 Å². The van der Waals surface area contributed by atoms with Crippen LogP contribution < -0.4 is 10.6 Å². The molecule has 0 radical (unpaired) electrons. The van der Waals surface area contributed by atoms with Gasteiger partial charge in [-0.15, -0.1) is 0 Å². The third-order valence-corrected chi connectivity index (χ3v) is 4.33. The van der Waals surface area contributed by atoms with Gasteiger partial charge < -0.3 is 10.6 Å². The molecule has 4 amide bonds. The van der Waals surface area contributed by atoms with Crippen LogP contribution in [0, 0.1) is 5.82 Å². The first-order valence-electron chi connectivity index (χ1n) is 8.11. The van der Waals surface area contributed by atoms with Gasteiger partial charge in [-0.1, -0.05) is 42.5 Å². The molecular weight excluding hydrogens is 337 g/mol. The maximum atomic E-state index is 12.9. The van der Waals surface area contributed by atoms with Gasteiger partial charge in [-0.05, 0) is 30.2 Å². The van der Waals surface area contributed by atoms with Crippen LogP contribution in [0.4, 0.5) is 9.18 Å². The van der Waals surface area contributed by atoms with Crippen LogP contribution in [-0.4, -0.2) is 29.3 Å². The van der Waals surface area contributed by atoms with Crippen molar-refractivity contribution in [2.24, 2.45) is 0 Å². The second-order valence-electron chi connectivity index (χ2n) is 6.22. The number of nitrogens with one attached hydrogen (secondary N) is 2. The summed E-state index contributed by atoms with van der Waals surface area (Å²) in [6, 6.07) is 13.9. The number of benzene rings is 2. The number of carbonyl (C=O) groups excluding carboxylic acids is 3. The predicted octanol–water partition coefficient (Wildman–Crippen LogP) is 1.91. The smallest absolute Gasteiger partial charge is 0.325 e. The Kier molecular flexibility index (Phi) is 4.71. The van der Waals surface area contributed by atoms with Gasteiger partial charge in [0.2, 0.25) is 5.91 Å². The largest absolute Gasteiger partial charge is 0.350 e. The Morgan fingerprint density at radius 3 is 2.42 bits per heavy atom. The highest BCUT2D eigenvalue weighted by Crippen LogP contribution is 2.28. The zero-order chi connectivity index (χ0) is 18.7. The number of carbonyl (C=O) groups is 3. The minimum atomic E-state index is -1.20. The van der Waals surface area contributed by atoms with Crippen molar-refractivity contribution in [3.05, 3.63) is 71.5 Å². The molecule has 3 rings (SSSR count). The van der Waals surface area contributed by atoms with Crippen molar-refractivity contribution in [3.63, 3.8) is 0 Å². The quantitative estimate of drug-likeness (QED) is 0.804. The minimum absolute atomic E-state index is 0.179. The van der Waals surface area contributed by atoms with Gasteiger partial charge in [-0.25, -0.2) is 9.18 Å². The molecular formula is C19H18FN3O3. The van der Waals surface area contributed by atoms with E-state index in [1.165, 1.54) is 12.1 Å². The van der Waals surface area contributed by atoms with Crippen LogP contribution in [-0.2, 0) is 21.7 Å². The van der Waals surface area contributed by atoms with Crippen molar-refractivity contribution in [2.75, 3.05) is 6.54 Å². The van der Waals surface area contributed by atoms with E-state index in [4.69, 9.17) is 0 Å². The molecule has 0 unspecified atom stereocenters. The van der Waals surface area contributed by atoms with E-state index < -0.39 is 23.4 Å². The van der Waals surface area contributed by atoms with Gasteiger partial charge in [0, 0.05) is 6.54 Å². The predicted molar refractivity (Wildman–Crippen MR) is 92.3 cm³/mol. The van der Waals surface area contributed by atoms with Gasteiger partial charge in [0.15, 0.2) is 0 Å². The molecule has 2 N–H and O–H groups in total. The molecule has 0 bridgehead atoms. The second-order valence-corrected chi connectivity index (χ2v) is 6.22. The number of rotatable bonds is 5. The Morgan fingerprint density at radius 2 is 1.77 bits per heavy atom. The summed E-state index contributed by atoms with van der Waals surface area (Å²) >= 11 is 0. The number of imide groups is 1. The van der Waals surface area contributed by atoms with E-state index in [2.05, 4.69) is 10.6 Å². The van der Waals surface area contributed by atoms with E-state index in [1.54, 1.807) is 43.3 Å². The van der Waals surface area contributed by atoms with E-state index in [1.807, 2.05) is 6.07 Å². The topological polar surface area (TPSA) is 78.5 Å². The number of halogens is 1. The van der Waals surface area contributed by atoms with Gasteiger partial charge in [-0.3, -0.25) is 14.5 Å². The Morgan fingerprint density at radius 1 is 1.12 bits per heavy atom. The van der Waals surface area contributed by atoms with Crippen molar-refractivity contribution in [1.82, 2.24) is 15.5 Å². The van der Waals surface area contributed by atoms with Crippen molar-refractivity contribution in [1.29, 1.82) is 0 Å². The minimum Gasteiger partial charge on any atom is -0.350 e. The monoisotopic (exact) mass is 355 g/mol. The molecule has 1 aliphatic heterocycles.